The largest absolute Gasteiger partial charge is 0.338 e. The number of amides is 3. The Morgan fingerprint density at radius 1 is 1.14 bits per heavy atom. The molecule has 0 radical (unpaired) electrons. The summed E-state index contributed by atoms with van der Waals surface area (Å²) in [7, 11) is 0. The number of urea groups is 1. The van der Waals surface area contributed by atoms with Gasteiger partial charge in [-0.25, -0.2) is 4.79 Å². The maximum absolute atomic E-state index is 12.0. The quantitative estimate of drug-likeness (QED) is 0.673. The molecule has 154 valence electrons. The lowest BCUT2D eigenvalue weighted by Gasteiger charge is -2.30. The minimum atomic E-state index is -0.158. The van der Waals surface area contributed by atoms with Crippen LogP contribution in [0.1, 0.15) is 51.0 Å². The van der Waals surface area contributed by atoms with Crippen molar-refractivity contribution in [1.82, 2.24) is 15.1 Å². The van der Waals surface area contributed by atoms with E-state index in [4.69, 9.17) is 0 Å². The van der Waals surface area contributed by atoms with Gasteiger partial charge in [0.1, 0.15) is 0 Å². The Morgan fingerprint density at radius 3 is 2.68 bits per heavy atom. The Labute approximate surface area is 168 Å². The first-order valence-electron chi connectivity index (χ1n) is 10.7. The lowest BCUT2D eigenvalue weighted by Crippen LogP contribution is -2.35. The molecule has 3 rings (SSSR count). The number of rotatable bonds is 8. The molecule has 1 unspecified atom stereocenters. The molecule has 2 saturated heterocycles. The topological polar surface area (TPSA) is 64.7 Å². The molecule has 6 nitrogen and oxygen atoms in total. The van der Waals surface area contributed by atoms with Crippen LogP contribution in [0.4, 0.5) is 10.5 Å². The van der Waals surface area contributed by atoms with Crippen molar-refractivity contribution < 1.29 is 9.59 Å². The fourth-order valence-corrected chi connectivity index (χ4v) is 4.11. The van der Waals surface area contributed by atoms with Gasteiger partial charge in [-0.15, -0.1) is 0 Å². The van der Waals surface area contributed by atoms with Crippen LogP contribution in [0.25, 0.3) is 0 Å². The van der Waals surface area contributed by atoms with E-state index in [1.807, 2.05) is 29.2 Å². The first-order valence-corrected chi connectivity index (χ1v) is 10.7. The first-order chi connectivity index (χ1) is 13.6. The lowest BCUT2D eigenvalue weighted by molar-refractivity contribution is -0.128. The SMILES string of the molecule is CC1CCCN(CCCCNC(=O)Nc2ccc(CN3CCCC3=O)cc2)C1. The van der Waals surface area contributed by atoms with Gasteiger partial charge in [-0.3, -0.25) is 4.79 Å². The molecule has 1 aromatic rings. The van der Waals surface area contributed by atoms with Crippen molar-refractivity contribution in [1.29, 1.82) is 0 Å². The number of nitrogens with zero attached hydrogens (tertiary/aromatic N) is 2. The molecule has 0 bridgehead atoms. The van der Waals surface area contributed by atoms with Crippen LogP contribution in [0.2, 0.25) is 0 Å². The lowest BCUT2D eigenvalue weighted by atomic mass is 10.0. The van der Waals surface area contributed by atoms with E-state index in [2.05, 4.69) is 22.5 Å². The van der Waals surface area contributed by atoms with E-state index in [9.17, 15) is 9.59 Å². The normalized spacial score (nSPS) is 20.4. The zero-order valence-corrected chi connectivity index (χ0v) is 17.1. The molecule has 2 aliphatic rings. The Hall–Kier alpha value is -2.08. The standard InChI is InChI=1S/C22H34N4O2/c1-18-6-4-14-25(16-18)13-3-2-12-23-22(28)24-20-10-8-19(9-11-20)17-26-15-5-7-21(26)27/h8-11,18H,2-7,12-17H2,1H3,(H2,23,24,28). The first kappa shape index (κ1) is 20.6. The second kappa shape index (κ2) is 10.5. The highest BCUT2D eigenvalue weighted by molar-refractivity contribution is 5.89. The van der Waals surface area contributed by atoms with Crippen LogP contribution in [0.15, 0.2) is 24.3 Å². The van der Waals surface area contributed by atoms with Crippen LogP contribution in [0.3, 0.4) is 0 Å². The van der Waals surface area contributed by atoms with Gasteiger partial charge in [0.2, 0.25) is 5.91 Å². The molecule has 2 fully saturated rings. The van der Waals surface area contributed by atoms with E-state index in [0.29, 0.717) is 19.5 Å². The third-order valence-electron chi connectivity index (χ3n) is 5.68. The van der Waals surface area contributed by atoms with Crippen LogP contribution in [0, 0.1) is 5.92 Å². The van der Waals surface area contributed by atoms with E-state index < -0.39 is 0 Å². The summed E-state index contributed by atoms with van der Waals surface area (Å²) in [4.78, 5) is 28.2. The van der Waals surface area contributed by atoms with Gasteiger partial charge < -0.3 is 20.4 Å². The third-order valence-corrected chi connectivity index (χ3v) is 5.68. The Kier molecular flexibility index (Phi) is 7.71. The summed E-state index contributed by atoms with van der Waals surface area (Å²) >= 11 is 0. The molecular weight excluding hydrogens is 352 g/mol. The van der Waals surface area contributed by atoms with Crippen molar-refractivity contribution in [3.05, 3.63) is 29.8 Å². The summed E-state index contributed by atoms with van der Waals surface area (Å²) in [5.41, 5.74) is 1.87. The van der Waals surface area contributed by atoms with E-state index >= 15 is 0 Å². The van der Waals surface area contributed by atoms with Crippen molar-refractivity contribution in [2.24, 2.45) is 5.92 Å². The molecule has 0 saturated carbocycles. The number of carbonyl (C=O) groups excluding carboxylic acids is 2. The highest BCUT2D eigenvalue weighted by Crippen LogP contribution is 2.17. The summed E-state index contributed by atoms with van der Waals surface area (Å²) in [6.45, 7) is 8.10. The Balaban J connectivity index is 1.29. The summed E-state index contributed by atoms with van der Waals surface area (Å²) in [6.07, 6.45) is 6.41. The van der Waals surface area contributed by atoms with E-state index in [0.717, 1.165) is 49.5 Å². The maximum atomic E-state index is 12.0. The second-order valence-corrected chi connectivity index (χ2v) is 8.25. The van der Waals surface area contributed by atoms with Crippen LogP contribution in [0.5, 0.6) is 0 Å². The monoisotopic (exact) mass is 386 g/mol. The van der Waals surface area contributed by atoms with Gasteiger partial charge in [0, 0.05) is 38.3 Å². The zero-order valence-electron chi connectivity index (χ0n) is 17.1. The van der Waals surface area contributed by atoms with Gasteiger partial charge in [0.15, 0.2) is 0 Å². The summed E-state index contributed by atoms with van der Waals surface area (Å²) < 4.78 is 0. The molecule has 2 heterocycles. The number of likely N-dealkylation sites (tertiary alicyclic amines) is 2. The van der Waals surface area contributed by atoms with Crippen molar-refractivity contribution in [3.8, 4) is 0 Å². The number of piperidine rings is 1. The summed E-state index contributed by atoms with van der Waals surface area (Å²) in [6, 6.07) is 7.58. The van der Waals surface area contributed by atoms with Crippen molar-refractivity contribution in [2.45, 2.75) is 52.0 Å². The van der Waals surface area contributed by atoms with Gasteiger partial charge >= 0.3 is 6.03 Å². The molecular formula is C22H34N4O2. The third kappa shape index (κ3) is 6.51. The summed E-state index contributed by atoms with van der Waals surface area (Å²) in [5.74, 6) is 1.05. The zero-order chi connectivity index (χ0) is 19.8. The number of nitrogens with one attached hydrogen (secondary N) is 2. The van der Waals surface area contributed by atoms with Gasteiger partial charge in [-0.1, -0.05) is 19.1 Å². The van der Waals surface area contributed by atoms with Crippen molar-refractivity contribution in [3.63, 3.8) is 0 Å². The fraction of sp³-hybridized carbons (Fsp3) is 0.636. The average Bonchev–Trinajstić information content (AvgIpc) is 3.08. The molecule has 1 atom stereocenters. The van der Waals surface area contributed by atoms with Gasteiger partial charge in [-0.2, -0.15) is 0 Å². The highest BCUT2D eigenvalue weighted by atomic mass is 16.2. The van der Waals surface area contributed by atoms with Crippen LogP contribution < -0.4 is 10.6 Å². The smallest absolute Gasteiger partial charge is 0.319 e. The molecule has 3 amide bonds. The number of hydrogen-bond acceptors (Lipinski definition) is 3. The molecule has 28 heavy (non-hydrogen) atoms. The van der Waals surface area contributed by atoms with Gasteiger partial charge in [0.25, 0.3) is 0 Å². The van der Waals surface area contributed by atoms with Crippen LogP contribution >= 0.6 is 0 Å². The molecule has 1 aromatic carbocycles. The van der Waals surface area contributed by atoms with E-state index in [1.165, 1.54) is 25.9 Å². The number of unbranched alkanes of at least 4 members (excludes halogenated alkanes) is 1. The summed E-state index contributed by atoms with van der Waals surface area (Å²) in [5, 5.41) is 5.81. The number of anilines is 1. The Morgan fingerprint density at radius 2 is 1.96 bits per heavy atom. The molecule has 2 aliphatic heterocycles. The van der Waals surface area contributed by atoms with Gasteiger partial charge in [0.05, 0.1) is 0 Å². The number of benzene rings is 1. The fourth-order valence-electron chi connectivity index (χ4n) is 4.11. The van der Waals surface area contributed by atoms with Crippen LogP contribution in [-0.4, -0.2) is 54.5 Å². The van der Waals surface area contributed by atoms with E-state index in [-0.39, 0.29) is 11.9 Å². The number of carbonyl (C=O) groups is 2. The average molecular weight is 387 g/mol. The van der Waals surface area contributed by atoms with E-state index in [1.54, 1.807) is 0 Å². The predicted octanol–water partition coefficient (Wildman–Crippen LogP) is 3.44. The molecule has 6 heteroatoms. The number of hydrogen-bond donors (Lipinski definition) is 2. The Bertz CT molecular complexity index is 646. The molecule has 2 N–H and O–H groups in total. The highest BCUT2D eigenvalue weighted by Gasteiger charge is 2.19. The minimum absolute atomic E-state index is 0.158. The predicted molar refractivity (Wildman–Crippen MR) is 112 cm³/mol. The molecule has 0 aromatic heterocycles. The second-order valence-electron chi connectivity index (χ2n) is 8.25. The molecule has 0 aliphatic carbocycles. The maximum Gasteiger partial charge on any atom is 0.319 e. The van der Waals surface area contributed by atoms with Gasteiger partial charge in [-0.05, 0) is 68.8 Å². The van der Waals surface area contributed by atoms with Crippen LogP contribution in [-0.2, 0) is 11.3 Å². The molecule has 0 spiro atoms. The van der Waals surface area contributed by atoms with Crippen molar-refractivity contribution in [2.75, 3.05) is 38.0 Å². The minimum Gasteiger partial charge on any atom is -0.338 e. The van der Waals surface area contributed by atoms with Crippen molar-refractivity contribution >= 4 is 17.6 Å².